The molecule has 1 aliphatic heterocycles. The minimum Gasteiger partial charge on any atom is -0.487 e. The SMILES string of the molecule is CC(=O)c1ccc(-c2cc(F)cc3c2OC(CNC(=O)CCc2cccnc2)C3)s1. The number of amides is 1. The van der Waals surface area contributed by atoms with Crippen molar-refractivity contribution in [3.8, 4) is 16.2 Å². The molecule has 0 bridgehead atoms. The number of aryl methyl sites for hydroxylation is 1. The fourth-order valence-corrected chi connectivity index (χ4v) is 4.40. The molecule has 1 aromatic carbocycles. The van der Waals surface area contributed by atoms with E-state index in [1.165, 1.54) is 30.4 Å². The minimum atomic E-state index is -0.341. The van der Waals surface area contributed by atoms with Gasteiger partial charge < -0.3 is 10.1 Å². The molecular formula is C23H21FN2O3S. The van der Waals surface area contributed by atoms with Crippen molar-refractivity contribution in [2.24, 2.45) is 0 Å². The summed E-state index contributed by atoms with van der Waals surface area (Å²) in [7, 11) is 0. The molecule has 1 unspecified atom stereocenters. The average molecular weight is 424 g/mol. The van der Waals surface area contributed by atoms with Gasteiger partial charge in [-0.2, -0.15) is 0 Å². The topological polar surface area (TPSA) is 68.3 Å². The molecule has 2 aromatic heterocycles. The van der Waals surface area contributed by atoms with E-state index in [0.29, 0.717) is 42.0 Å². The lowest BCUT2D eigenvalue weighted by molar-refractivity contribution is -0.121. The van der Waals surface area contributed by atoms with Gasteiger partial charge in [-0.1, -0.05) is 6.07 Å². The van der Waals surface area contributed by atoms with Crippen LogP contribution in [0.15, 0.2) is 48.8 Å². The van der Waals surface area contributed by atoms with Crippen molar-refractivity contribution in [1.29, 1.82) is 0 Å². The molecule has 0 saturated carbocycles. The maximum Gasteiger partial charge on any atom is 0.220 e. The standard InChI is InChI=1S/C23H21FN2O3S/c1-14(27)20-5-6-21(30-20)19-11-17(24)9-16-10-18(29-23(16)19)13-26-22(28)7-4-15-3-2-8-25-12-15/h2-3,5-6,8-9,11-12,18H,4,7,10,13H2,1H3,(H,26,28). The second kappa shape index (κ2) is 8.75. The van der Waals surface area contributed by atoms with Gasteiger partial charge in [0.15, 0.2) is 5.78 Å². The normalized spacial score (nSPS) is 14.8. The quantitative estimate of drug-likeness (QED) is 0.577. The summed E-state index contributed by atoms with van der Waals surface area (Å²) in [4.78, 5) is 29.2. The highest BCUT2D eigenvalue weighted by atomic mass is 32.1. The van der Waals surface area contributed by atoms with E-state index in [0.717, 1.165) is 16.0 Å². The maximum absolute atomic E-state index is 14.2. The van der Waals surface area contributed by atoms with E-state index in [1.807, 2.05) is 18.2 Å². The highest BCUT2D eigenvalue weighted by Gasteiger charge is 2.28. The predicted molar refractivity (Wildman–Crippen MR) is 113 cm³/mol. The molecule has 1 N–H and O–H groups in total. The molecule has 3 aromatic rings. The number of carbonyl (C=O) groups excluding carboxylic acids is 2. The molecule has 0 radical (unpaired) electrons. The Morgan fingerprint density at radius 2 is 2.17 bits per heavy atom. The molecule has 7 heteroatoms. The van der Waals surface area contributed by atoms with Crippen LogP contribution in [0.2, 0.25) is 0 Å². The number of ether oxygens (including phenoxy) is 1. The van der Waals surface area contributed by atoms with Gasteiger partial charge in [0, 0.05) is 41.2 Å². The van der Waals surface area contributed by atoms with Crippen LogP contribution in [0.25, 0.3) is 10.4 Å². The molecule has 154 valence electrons. The highest BCUT2D eigenvalue weighted by Crippen LogP contribution is 2.42. The Labute approximate surface area is 177 Å². The van der Waals surface area contributed by atoms with E-state index in [1.54, 1.807) is 18.5 Å². The van der Waals surface area contributed by atoms with E-state index < -0.39 is 0 Å². The first-order chi connectivity index (χ1) is 14.5. The lowest BCUT2D eigenvalue weighted by Gasteiger charge is -2.13. The van der Waals surface area contributed by atoms with Gasteiger partial charge in [0.05, 0.1) is 11.4 Å². The molecule has 5 nitrogen and oxygen atoms in total. The molecule has 1 amide bonds. The first-order valence-corrected chi connectivity index (χ1v) is 10.6. The molecule has 0 saturated heterocycles. The Bertz CT molecular complexity index is 1080. The Balaban J connectivity index is 1.39. The molecule has 4 rings (SSSR count). The molecule has 0 spiro atoms. The fraction of sp³-hybridized carbons (Fsp3) is 0.261. The smallest absolute Gasteiger partial charge is 0.220 e. The van der Waals surface area contributed by atoms with E-state index in [9.17, 15) is 14.0 Å². The second-order valence-electron chi connectivity index (χ2n) is 7.27. The molecular weight excluding hydrogens is 403 g/mol. The number of ketones is 1. The van der Waals surface area contributed by atoms with Crippen LogP contribution in [0.1, 0.15) is 34.1 Å². The van der Waals surface area contributed by atoms with Gasteiger partial charge in [-0.25, -0.2) is 4.39 Å². The van der Waals surface area contributed by atoms with Crippen LogP contribution in [0, 0.1) is 5.82 Å². The Morgan fingerprint density at radius 3 is 2.90 bits per heavy atom. The summed E-state index contributed by atoms with van der Waals surface area (Å²) < 4.78 is 20.2. The number of thiophene rings is 1. The number of hydrogen-bond acceptors (Lipinski definition) is 5. The summed E-state index contributed by atoms with van der Waals surface area (Å²) in [6.07, 6.45) is 4.71. The van der Waals surface area contributed by atoms with Gasteiger partial charge in [-0.3, -0.25) is 14.6 Å². The number of aromatic nitrogens is 1. The number of pyridine rings is 1. The van der Waals surface area contributed by atoms with Crippen LogP contribution in [0.4, 0.5) is 4.39 Å². The van der Waals surface area contributed by atoms with Gasteiger partial charge in [0.1, 0.15) is 17.7 Å². The van der Waals surface area contributed by atoms with Crippen LogP contribution >= 0.6 is 11.3 Å². The van der Waals surface area contributed by atoms with Crippen molar-refractivity contribution in [2.45, 2.75) is 32.3 Å². The van der Waals surface area contributed by atoms with E-state index in [4.69, 9.17) is 4.74 Å². The van der Waals surface area contributed by atoms with Crippen LogP contribution in [0.5, 0.6) is 5.75 Å². The number of benzene rings is 1. The molecule has 1 atom stereocenters. The van der Waals surface area contributed by atoms with Crippen LogP contribution in [-0.2, 0) is 17.6 Å². The van der Waals surface area contributed by atoms with Gasteiger partial charge in [0.2, 0.25) is 5.91 Å². The van der Waals surface area contributed by atoms with Gasteiger partial charge in [0.25, 0.3) is 0 Å². The lowest BCUT2D eigenvalue weighted by atomic mass is 10.0. The minimum absolute atomic E-state index is 0.0212. The fourth-order valence-electron chi connectivity index (χ4n) is 3.48. The monoisotopic (exact) mass is 424 g/mol. The number of halogens is 1. The summed E-state index contributed by atoms with van der Waals surface area (Å²) in [5.74, 6) is 0.204. The zero-order valence-corrected chi connectivity index (χ0v) is 17.3. The largest absolute Gasteiger partial charge is 0.487 e. The zero-order valence-electron chi connectivity index (χ0n) is 16.5. The van der Waals surface area contributed by atoms with E-state index in [-0.39, 0.29) is 23.6 Å². The number of Topliss-reactive ketones (excluding diaryl/α,β-unsaturated/α-hetero) is 1. The molecule has 3 heterocycles. The molecule has 0 fully saturated rings. The molecule has 30 heavy (non-hydrogen) atoms. The van der Waals surface area contributed by atoms with Crippen molar-refractivity contribution in [1.82, 2.24) is 10.3 Å². The van der Waals surface area contributed by atoms with E-state index >= 15 is 0 Å². The second-order valence-corrected chi connectivity index (χ2v) is 8.35. The van der Waals surface area contributed by atoms with Gasteiger partial charge in [-0.05, 0) is 49.2 Å². The number of fused-ring (bicyclic) bond motifs is 1. The van der Waals surface area contributed by atoms with Crippen molar-refractivity contribution in [3.63, 3.8) is 0 Å². The number of nitrogens with one attached hydrogen (secondary N) is 1. The van der Waals surface area contributed by atoms with Crippen molar-refractivity contribution >= 4 is 23.0 Å². The first-order valence-electron chi connectivity index (χ1n) is 9.75. The Hall–Kier alpha value is -3.06. The number of rotatable bonds is 7. The van der Waals surface area contributed by atoms with E-state index in [2.05, 4.69) is 10.3 Å². The van der Waals surface area contributed by atoms with Crippen LogP contribution in [0.3, 0.4) is 0 Å². The third kappa shape index (κ3) is 4.57. The van der Waals surface area contributed by atoms with Gasteiger partial charge in [-0.15, -0.1) is 11.3 Å². The Kier molecular flexibility index (Phi) is 5.90. The van der Waals surface area contributed by atoms with Gasteiger partial charge >= 0.3 is 0 Å². The molecule has 1 aliphatic rings. The number of carbonyl (C=O) groups is 2. The summed E-state index contributed by atoms with van der Waals surface area (Å²) in [5.41, 5.74) is 2.43. The summed E-state index contributed by atoms with van der Waals surface area (Å²) in [5, 5.41) is 2.90. The summed E-state index contributed by atoms with van der Waals surface area (Å²) >= 11 is 1.32. The maximum atomic E-state index is 14.2. The van der Waals surface area contributed by atoms with Crippen LogP contribution in [-0.4, -0.2) is 29.3 Å². The number of nitrogens with zero attached hydrogens (tertiary/aromatic N) is 1. The third-order valence-electron chi connectivity index (χ3n) is 4.97. The highest BCUT2D eigenvalue weighted by molar-refractivity contribution is 7.17. The molecule has 0 aliphatic carbocycles. The third-order valence-corrected chi connectivity index (χ3v) is 6.19. The zero-order chi connectivity index (χ0) is 21.1. The van der Waals surface area contributed by atoms with Crippen molar-refractivity contribution in [3.05, 3.63) is 70.6 Å². The lowest BCUT2D eigenvalue weighted by Crippen LogP contribution is -2.34. The van der Waals surface area contributed by atoms with Crippen LogP contribution < -0.4 is 10.1 Å². The van der Waals surface area contributed by atoms with Crippen molar-refractivity contribution in [2.75, 3.05) is 6.54 Å². The summed E-state index contributed by atoms with van der Waals surface area (Å²) in [6, 6.07) is 10.3. The number of hydrogen-bond donors (Lipinski definition) is 1. The average Bonchev–Trinajstić information content (AvgIpc) is 3.38. The summed E-state index contributed by atoms with van der Waals surface area (Å²) in [6.45, 7) is 1.86. The predicted octanol–water partition coefficient (Wildman–Crippen LogP) is 4.20. The van der Waals surface area contributed by atoms with Crippen molar-refractivity contribution < 1.29 is 18.7 Å². The Morgan fingerprint density at radius 1 is 1.30 bits per heavy atom. The first kappa shape index (κ1) is 20.2.